The zero-order valence-corrected chi connectivity index (χ0v) is 21.6. The highest BCUT2D eigenvalue weighted by molar-refractivity contribution is 7.89. The van der Waals surface area contributed by atoms with E-state index in [1.54, 1.807) is 19.9 Å². The Kier molecular flexibility index (Phi) is 8.79. The highest BCUT2D eigenvalue weighted by Crippen LogP contribution is 2.40. The van der Waals surface area contributed by atoms with Gasteiger partial charge in [0.15, 0.2) is 0 Å². The molecule has 37 heavy (non-hydrogen) atoms. The normalized spacial score (nSPS) is 17.5. The number of aliphatic hydroxyl groups excluding tert-OH is 1. The van der Waals surface area contributed by atoms with Gasteiger partial charge in [0.05, 0.1) is 21.4 Å². The third-order valence-corrected chi connectivity index (χ3v) is 8.22. The van der Waals surface area contributed by atoms with Crippen LogP contribution in [0.5, 0.6) is 0 Å². The number of hydrogen-bond donors (Lipinski definition) is 1. The van der Waals surface area contributed by atoms with Gasteiger partial charge in [-0.3, -0.25) is 19.7 Å². The Morgan fingerprint density at radius 3 is 2.35 bits per heavy atom. The van der Waals surface area contributed by atoms with E-state index < -0.39 is 38.4 Å². The van der Waals surface area contributed by atoms with Gasteiger partial charge in [0.2, 0.25) is 10.0 Å². The molecule has 1 atom stereocenters. The van der Waals surface area contributed by atoms with Crippen molar-refractivity contribution in [2.75, 3.05) is 33.4 Å². The van der Waals surface area contributed by atoms with Crippen molar-refractivity contribution in [3.8, 4) is 0 Å². The van der Waals surface area contributed by atoms with Crippen molar-refractivity contribution in [2.24, 2.45) is 0 Å². The maximum absolute atomic E-state index is 13.1. The van der Waals surface area contributed by atoms with Crippen molar-refractivity contribution >= 4 is 33.2 Å². The van der Waals surface area contributed by atoms with Gasteiger partial charge in [-0.2, -0.15) is 4.31 Å². The quantitative estimate of drug-likeness (QED) is 0.116. The molecule has 1 amide bonds. The number of hydrogen-bond acceptors (Lipinski definition) is 8. The number of carbonyl (C=O) groups is 2. The maximum atomic E-state index is 13.1. The second-order valence-corrected chi connectivity index (χ2v) is 10.2. The number of methoxy groups -OCH3 is 1. The van der Waals surface area contributed by atoms with E-state index in [9.17, 15) is 33.2 Å². The number of nitro benzene ring substituents is 1. The molecular weight excluding hydrogens is 502 g/mol. The van der Waals surface area contributed by atoms with Crippen LogP contribution in [0.4, 0.5) is 5.69 Å². The van der Waals surface area contributed by atoms with Crippen LogP contribution in [0.15, 0.2) is 59.0 Å². The topological polar surface area (TPSA) is 147 Å². The highest BCUT2D eigenvalue weighted by atomic mass is 32.2. The van der Waals surface area contributed by atoms with Crippen molar-refractivity contribution in [3.05, 3.63) is 75.3 Å². The van der Waals surface area contributed by atoms with E-state index in [1.165, 1.54) is 58.8 Å². The van der Waals surface area contributed by atoms with Gasteiger partial charge in [0.25, 0.3) is 17.4 Å². The van der Waals surface area contributed by atoms with Gasteiger partial charge in [-0.15, -0.1) is 0 Å². The molecule has 1 fully saturated rings. The molecule has 0 saturated carbocycles. The molecule has 11 nitrogen and oxygen atoms in total. The number of sulfonamides is 1. The lowest BCUT2D eigenvalue weighted by Gasteiger charge is -2.25. The van der Waals surface area contributed by atoms with Crippen LogP contribution in [0.25, 0.3) is 5.76 Å². The first-order valence-corrected chi connectivity index (χ1v) is 13.1. The van der Waals surface area contributed by atoms with Gasteiger partial charge in [0.1, 0.15) is 5.76 Å². The molecule has 2 aromatic carbocycles. The molecule has 0 unspecified atom stereocenters. The van der Waals surface area contributed by atoms with Crippen LogP contribution >= 0.6 is 0 Å². The smallest absolute Gasteiger partial charge is 0.295 e. The number of ether oxygens (including phenoxy) is 1. The van der Waals surface area contributed by atoms with E-state index in [4.69, 9.17) is 4.74 Å². The molecule has 0 aliphatic carbocycles. The lowest BCUT2D eigenvalue weighted by Crippen LogP contribution is -2.31. The third kappa shape index (κ3) is 5.55. The van der Waals surface area contributed by atoms with Crippen molar-refractivity contribution < 1.29 is 32.8 Å². The van der Waals surface area contributed by atoms with Crippen molar-refractivity contribution in [1.82, 2.24) is 9.21 Å². The van der Waals surface area contributed by atoms with E-state index in [1.807, 2.05) is 0 Å². The van der Waals surface area contributed by atoms with Crippen LogP contribution in [0.1, 0.15) is 37.4 Å². The molecule has 1 heterocycles. The largest absolute Gasteiger partial charge is 0.507 e. The van der Waals surface area contributed by atoms with E-state index in [0.29, 0.717) is 13.0 Å². The van der Waals surface area contributed by atoms with Crippen molar-refractivity contribution in [1.29, 1.82) is 0 Å². The van der Waals surface area contributed by atoms with Crippen LogP contribution in [0.3, 0.4) is 0 Å². The Morgan fingerprint density at radius 2 is 1.78 bits per heavy atom. The maximum Gasteiger partial charge on any atom is 0.295 e. The molecule has 0 spiro atoms. The Morgan fingerprint density at radius 1 is 1.14 bits per heavy atom. The number of benzene rings is 2. The Hall–Kier alpha value is -3.61. The van der Waals surface area contributed by atoms with Crippen LogP contribution in [0.2, 0.25) is 0 Å². The molecule has 1 saturated heterocycles. The Bertz CT molecular complexity index is 1320. The second kappa shape index (κ2) is 11.6. The number of likely N-dealkylation sites (tertiary alicyclic amines) is 1. The molecular formula is C25H29N3O8S. The summed E-state index contributed by atoms with van der Waals surface area (Å²) in [5, 5.41) is 22.5. The van der Waals surface area contributed by atoms with Crippen LogP contribution in [0, 0.1) is 10.1 Å². The van der Waals surface area contributed by atoms with Crippen LogP contribution in [-0.4, -0.2) is 72.7 Å². The average molecular weight is 532 g/mol. The third-order valence-electron chi connectivity index (χ3n) is 6.16. The number of non-ortho nitro benzene ring substituents is 1. The van der Waals surface area contributed by atoms with E-state index >= 15 is 0 Å². The number of nitrogens with zero attached hydrogens (tertiary/aromatic N) is 3. The summed E-state index contributed by atoms with van der Waals surface area (Å²) in [7, 11) is -2.24. The molecule has 198 valence electrons. The molecule has 1 aliphatic heterocycles. The number of amides is 1. The summed E-state index contributed by atoms with van der Waals surface area (Å²) in [6, 6.07) is 9.80. The number of rotatable bonds is 11. The minimum Gasteiger partial charge on any atom is -0.507 e. The van der Waals surface area contributed by atoms with E-state index in [2.05, 4.69) is 0 Å². The fourth-order valence-electron chi connectivity index (χ4n) is 4.30. The van der Waals surface area contributed by atoms with Gasteiger partial charge in [-0.25, -0.2) is 8.42 Å². The summed E-state index contributed by atoms with van der Waals surface area (Å²) < 4.78 is 31.9. The highest BCUT2D eigenvalue weighted by Gasteiger charge is 2.46. The van der Waals surface area contributed by atoms with Gasteiger partial charge in [-0.1, -0.05) is 26.0 Å². The van der Waals surface area contributed by atoms with Gasteiger partial charge >= 0.3 is 0 Å². The van der Waals surface area contributed by atoms with Crippen molar-refractivity contribution in [3.63, 3.8) is 0 Å². The summed E-state index contributed by atoms with van der Waals surface area (Å²) in [6.45, 7) is 4.45. The van der Waals surface area contributed by atoms with E-state index in [-0.39, 0.29) is 46.9 Å². The summed E-state index contributed by atoms with van der Waals surface area (Å²) in [5.74, 6) is -2.29. The van der Waals surface area contributed by atoms with Crippen molar-refractivity contribution in [2.45, 2.75) is 31.2 Å². The van der Waals surface area contributed by atoms with Gasteiger partial charge < -0.3 is 14.7 Å². The Labute approximate surface area is 215 Å². The number of Topliss-reactive ketones (excluding diaryl/α,β-unsaturated/α-hetero) is 1. The first kappa shape index (κ1) is 28.0. The Balaban J connectivity index is 2.12. The van der Waals surface area contributed by atoms with Crippen LogP contribution in [-0.2, 0) is 24.3 Å². The standard InChI is InChI=1S/C25H29N3O8S/c1-4-26(5-2)37(34,35)20-12-10-17(11-13-20)23(29)21-22(18-8-6-9-19(16-18)28(32)33)27(14-7-15-36-3)25(31)24(21)30/h6,8-13,16,22,29H,4-5,7,14-15H2,1-3H3/t22-/m0/s1. The fraction of sp³-hybridized carbons (Fsp3) is 0.360. The molecule has 0 bridgehead atoms. The molecule has 1 N–H and O–H groups in total. The lowest BCUT2D eigenvalue weighted by atomic mass is 9.95. The number of nitro groups is 1. The zero-order valence-electron chi connectivity index (χ0n) is 20.8. The summed E-state index contributed by atoms with van der Waals surface area (Å²) in [5.41, 5.74) is -0.0508. The molecule has 0 aromatic heterocycles. The molecule has 12 heteroatoms. The minimum absolute atomic E-state index is 0.0167. The van der Waals surface area contributed by atoms with Gasteiger partial charge in [0, 0.05) is 51.0 Å². The summed E-state index contributed by atoms with van der Waals surface area (Å²) in [4.78, 5) is 38.1. The molecule has 3 rings (SSSR count). The average Bonchev–Trinajstić information content (AvgIpc) is 3.14. The number of carbonyl (C=O) groups excluding carboxylic acids is 2. The van der Waals surface area contributed by atoms with Gasteiger partial charge in [-0.05, 0) is 36.2 Å². The minimum atomic E-state index is -3.74. The number of aliphatic hydroxyl groups is 1. The van der Waals surface area contributed by atoms with Crippen LogP contribution < -0.4 is 0 Å². The first-order chi connectivity index (χ1) is 17.6. The SMILES string of the molecule is CCN(CC)S(=O)(=O)c1ccc(C(O)=C2C(=O)C(=O)N(CCCOC)[C@H]2c2cccc([N+](=O)[O-])c2)cc1. The second-order valence-electron chi connectivity index (χ2n) is 8.30. The number of ketones is 1. The predicted octanol–water partition coefficient (Wildman–Crippen LogP) is 3.08. The molecule has 1 aliphatic rings. The summed E-state index contributed by atoms with van der Waals surface area (Å²) in [6.07, 6.45) is 0.396. The molecule has 2 aromatic rings. The predicted molar refractivity (Wildman–Crippen MR) is 135 cm³/mol. The molecule has 0 radical (unpaired) electrons. The van der Waals surface area contributed by atoms with E-state index in [0.717, 1.165) is 0 Å². The monoisotopic (exact) mass is 531 g/mol. The summed E-state index contributed by atoms with van der Waals surface area (Å²) >= 11 is 0. The first-order valence-electron chi connectivity index (χ1n) is 11.7. The lowest BCUT2D eigenvalue weighted by molar-refractivity contribution is -0.384. The zero-order chi connectivity index (χ0) is 27.3. The fourth-order valence-corrected chi connectivity index (χ4v) is 5.76.